The molecule has 3 rings (SSSR count). The van der Waals surface area contributed by atoms with Crippen molar-refractivity contribution in [3.63, 3.8) is 0 Å². The van der Waals surface area contributed by atoms with Crippen LogP contribution >= 0.6 is 0 Å². The summed E-state index contributed by atoms with van der Waals surface area (Å²) in [6, 6.07) is 19.7. The van der Waals surface area contributed by atoms with Crippen molar-refractivity contribution in [2.45, 2.75) is 58.1 Å². The number of carbonyl (C=O) groups excluding carboxylic acids is 1. The van der Waals surface area contributed by atoms with Gasteiger partial charge in [-0.25, -0.2) is 4.79 Å². The van der Waals surface area contributed by atoms with Crippen LogP contribution in [0, 0.1) is 5.92 Å². The van der Waals surface area contributed by atoms with Crippen LogP contribution in [0.15, 0.2) is 65.7 Å². The average molecular weight is 364 g/mol. The topological polar surface area (TPSA) is 38.7 Å². The van der Waals surface area contributed by atoms with Gasteiger partial charge in [0.05, 0.1) is 5.71 Å². The third-order valence-corrected chi connectivity index (χ3v) is 4.84. The van der Waals surface area contributed by atoms with Crippen LogP contribution in [0.5, 0.6) is 0 Å². The van der Waals surface area contributed by atoms with Gasteiger partial charge in [0.1, 0.15) is 11.6 Å². The van der Waals surface area contributed by atoms with E-state index in [9.17, 15) is 4.79 Å². The first-order valence-electron chi connectivity index (χ1n) is 9.84. The number of esters is 1. The van der Waals surface area contributed by atoms with Crippen molar-refractivity contribution in [3.05, 3.63) is 71.8 Å². The zero-order valence-electron chi connectivity index (χ0n) is 16.5. The number of aliphatic imine (C=N–C) groups is 1. The van der Waals surface area contributed by atoms with Crippen LogP contribution in [-0.4, -0.2) is 23.3 Å². The Hall–Kier alpha value is -2.42. The zero-order chi connectivity index (χ0) is 19.3. The second kappa shape index (κ2) is 8.51. The SMILES string of the molecule is CC(C)(C)OC(=O)[C@H](CC1CCC1)N=C(c1ccccc1)c1ccccc1. The Morgan fingerprint density at radius 1 is 1.00 bits per heavy atom. The van der Waals surface area contributed by atoms with Gasteiger partial charge in [0.2, 0.25) is 0 Å². The third-order valence-electron chi connectivity index (χ3n) is 4.84. The summed E-state index contributed by atoms with van der Waals surface area (Å²) < 4.78 is 5.70. The molecule has 2 aromatic rings. The number of hydrogen-bond acceptors (Lipinski definition) is 3. The van der Waals surface area contributed by atoms with E-state index in [-0.39, 0.29) is 5.97 Å². The monoisotopic (exact) mass is 363 g/mol. The number of rotatable bonds is 6. The van der Waals surface area contributed by atoms with Crippen molar-refractivity contribution in [2.24, 2.45) is 10.9 Å². The minimum Gasteiger partial charge on any atom is -0.458 e. The van der Waals surface area contributed by atoms with Gasteiger partial charge >= 0.3 is 5.97 Å². The Morgan fingerprint density at radius 3 is 1.93 bits per heavy atom. The number of benzene rings is 2. The fourth-order valence-electron chi connectivity index (χ4n) is 3.28. The third kappa shape index (κ3) is 5.53. The van der Waals surface area contributed by atoms with Gasteiger partial charge in [-0.1, -0.05) is 79.9 Å². The summed E-state index contributed by atoms with van der Waals surface area (Å²) in [6.07, 6.45) is 4.37. The molecule has 1 saturated carbocycles. The maximum atomic E-state index is 12.9. The molecule has 142 valence electrons. The Bertz CT molecular complexity index is 730. The molecule has 0 saturated heterocycles. The van der Waals surface area contributed by atoms with E-state index in [1.807, 2.05) is 81.4 Å². The summed E-state index contributed by atoms with van der Waals surface area (Å²) in [5, 5.41) is 0. The highest BCUT2D eigenvalue weighted by molar-refractivity contribution is 6.13. The van der Waals surface area contributed by atoms with Crippen LogP contribution in [0.25, 0.3) is 0 Å². The van der Waals surface area contributed by atoms with E-state index in [4.69, 9.17) is 9.73 Å². The van der Waals surface area contributed by atoms with Gasteiger partial charge in [-0.3, -0.25) is 4.99 Å². The molecule has 0 bridgehead atoms. The van der Waals surface area contributed by atoms with E-state index in [0.29, 0.717) is 5.92 Å². The Labute approximate surface area is 162 Å². The molecular weight excluding hydrogens is 334 g/mol. The van der Waals surface area contributed by atoms with E-state index in [1.54, 1.807) is 0 Å². The molecule has 1 fully saturated rings. The molecule has 3 nitrogen and oxygen atoms in total. The second-order valence-electron chi connectivity index (χ2n) is 8.29. The van der Waals surface area contributed by atoms with Crippen molar-refractivity contribution < 1.29 is 9.53 Å². The van der Waals surface area contributed by atoms with E-state index in [2.05, 4.69) is 0 Å². The molecule has 3 heteroatoms. The highest BCUT2D eigenvalue weighted by Crippen LogP contribution is 2.32. The standard InChI is InChI=1S/C24H29NO2/c1-24(2,3)27-23(26)21(17-18-11-10-12-18)25-22(19-13-6-4-7-14-19)20-15-8-5-9-16-20/h4-9,13-16,18,21H,10-12,17H2,1-3H3/t21-/m0/s1. The molecule has 0 aromatic heterocycles. The Kier molecular flexibility index (Phi) is 6.10. The van der Waals surface area contributed by atoms with Crippen LogP contribution in [0.3, 0.4) is 0 Å². The highest BCUT2D eigenvalue weighted by Gasteiger charge is 2.30. The first-order chi connectivity index (χ1) is 12.9. The lowest BCUT2D eigenvalue weighted by molar-refractivity contribution is -0.157. The highest BCUT2D eigenvalue weighted by atomic mass is 16.6. The van der Waals surface area contributed by atoms with Gasteiger partial charge in [0.15, 0.2) is 0 Å². The van der Waals surface area contributed by atoms with Crippen LogP contribution in [-0.2, 0) is 9.53 Å². The van der Waals surface area contributed by atoms with Crippen LogP contribution in [0.4, 0.5) is 0 Å². The van der Waals surface area contributed by atoms with Crippen LogP contribution in [0.1, 0.15) is 57.6 Å². The van der Waals surface area contributed by atoms with Crippen molar-refractivity contribution in [1.82, 2.24) is 0 Å². The lowest BCUT2D eigenvalue weighted by atomic mass is 9.81. The predicted molar refractivity (Wildman–Crippen MR) is 110 cm³/mol. The number of carbonyl (C=O) groups is 1. The van der Waals surface area contributed by atoms with E-state index >= 15 is 0 Å². The first-order valence-corrected chi connectivity index (χ1v) is 9.84. The van der Waals surface area contributed by atoms with Gasteiger partial charge in [-0.15, -0.1) is 0 Å². The van der Waals surface area contributed by atoms with Gasteiger partial charge in [0, 0.05) is 11.1 Å². The normalized spacial score (nSPS) is 15.5. The molecule has 1 aliphatic rings. The van der Waals surface area contributed by atoms with E-state index < -0.39 is 11.6 Å². The molecule has 0 radical (unpaired) electrons. The summed E-state index contributed by atoms with van der Waals surface area (Å²) in [5.41, 5.74) is 2.38. The lowest BCUT2D eigenvalue weighted by Crippen LogP contribution is -2.34. The summed E-state index contributed by atoms with van der Waals surface area (Å²) >= 11 is 0. The fourth-order valence-corrected chi connectivity index (χ4v) is 3.28. The van der Waals surface area contributed by atoms with Gasteiger partial charge in [-0.2, -0.15) is 0 Å². The number of hydrogen-bond donors (Lipinski definition) is 0. The molecule has 2 aromatic carbocycles. The van der Waals surface area contributed by atoms with Crippen LogP contribution < -0.4 is 0 Å². The molecule has 27 heavy (non-hydrogen) atoms. The smallest absolute Gasteiger partial charge is 0.331 e. The first kappa shape index (κ1) is 19.3. The average Bonchev–Trinajstić information content (AvgIpc) is 2.60. The molecule has 0 spiro atoms. The second-order valence-corrected chi connectivity index (χ2v) is 8.29. The Morgan fingerprint density at radius 2 is 1.52 bits per heavy atom. The van der Waals surface area contributed by atoms with Crippen molar-refractivity contribution >= 4 is 11.7 Å². The largest absolute Gasteiger partial charge is 0.458 e. The number of ether oxygens (including phenoxy) is 1. The fraction of sp³-hybridized carbons (Fsp3) is 0.417. The summed E-state index contributed by atoms with van der Waals surface area (Å²) in [4.78, 5) is 17.9. The molecule has 1 aliphatic carbocycles. The zero-order valence-corrected chi connectivity index (χ0v) is 16.5. The van der Waals surface area contributed by atoms with Crippen LogP contribution in [0.2, 0.25) is 0 Å². The van der Waals surface area contributed by atoms with Gasteiger partial charge < -0.3 is 4.74 Å². The lowest BCUT2D eigenvalue weighted by Gasteiger charge is -2.29. The molecule has 1 atom stereocenters. The summed E-state index contributed by atoms with van der Waals surface area (Å²) in [6.45, 7) is 5.72. The van der Waals surface area contributed by atoms with Crippen molar-refractivity contribution in [2.75, 3.05) is 0 Å². The molecule has 0 N–H and O–H groups in total. The van der Waals surface area contributed by atoms with E-state index in [0.717, 1.165) is 23.3 Å². The molecule has 0 unspecified atom stereocenters. The number of nitrogens with zero attached hydrogens (tertiary/aromatic N) is 1. The maximum absolute atomic E-state index is 12.9. The van der Waals surface area contributed by atoms with Gasteiger partial charge in [0.25, 0.3) is 0 Å². The molecule has 0 heterocycles. The van der Waals surface area contributed by atoms with Crippen molar-refractivity contribution in [3.8, 4) is 0 Å². The molecule has 0 amide bonds. The van der Waals surface area contributed by atoms with Gasteiger partial charge in [-0.05, 0) is 33.1 Å². The molecule has 0 aliphatic heterocycles. The quantitative estimate of drug-likeness (QED) is 0.507. The maximum Gasteiger partial charge on any atom is 0.331 e. The molecular formula is C24H29NO2. The minimum atomic E-state index is -0.510. The summed E-state index contributed by atoms with van der Waals surface area (Å²) in [5.74, 6) is 0.345. The van der Waals surface area contributed by atoms with Crippen molar-refractivity contribution in [1.29, 1.82) is 0 Å². The predicted octanol–water partition coefficient (Wildman–Crippen LogP) is 5.42. The Balaban J connectivity index is 1.97. The van der Waals surface area contributed by atoms with E-state index in [1.165, 1.54) is 19.3 Å². The summed E-state index contributed by atoms with van der Waals surface area (Å²) in [7, 11) is 0. The minimum absolute atomic E-state index is 0.223.